The lowest BCUT2D eigenvalue weighted by molar-refractivity contribution is -0.119. The second-order valence-corrected chi connectivity index (χ2v) is 7.69. The molecule has 1 amide bonds. The summed E-state index contributed by atoms with van der Waals surface area (Å²) >= 11 is 0. The molecule has 0 unspecified atom stereocenters. The summed E-state index contributed by atoms with van der Waals surface area (Å²) in [6, 6.07) is 16.8. The number of benzene rings is 2. The van der Waals surface area contributed by atoms with Crippen molar-refractivity contribution >= 4 is 23.3 Å². The highest BCUT2D eigenvalue weighted by atomic mass is 16.5. The van der Waals surface area contributed by atoms with Crippen LogP contribution in [0.4, 0.5) is 11.4 Å². The highest BCUT2D eigenvalue weighted by Crippen LogP contribution is 2.25. The standard InChI is InChI=1S/C25H26N2O5/c1-18-15-20(27-12-5-6-13-27)9-10-22(18)26-23(28)17-32-25(29)24-19(11-14-30-24)16-31-21-7-3-2-4-8-21/h2-4,7-11,14-15H,5-6,12-13,16-17H2,1H3,(H,26,28). The molecule has 4 rings (SSSR count). The lowest BCUT2D eigenvalue weighted by atomic mass is 10.1. The maximum Gasteiger partial charge on any atom is 0.375 e. The third-order valence-electron chi connectivity index (χ3n) is 5.36. The minimum Gasteiger partial charge on any atom is -0.489 e. The number of hydrogen-bond acceptors (Lipinski definition) is 6. The molecular weight excluding hydrogens is 408 g/mol. The zero-order chi connectivity index (χ0) is 22.3. The van der Waals surface area contributed by atoms with Crippen molar-refractivity contribution in [3.63, 3.8) is 0 Å². The van der Waals surface area contributed by atoms with E-state index in [1.165, 1.54) is 19.1 Å². The van der Waals surface area contributed by atoms with Gasteiger partial charge in [-0.1, -0.05) is 18.2 Å². The molecule has 1 aliphatic heterocycles. The number of rotatable bonds is 8. The van der Waals surface area contributed by atoms with Crippen LogP contribution in [-0.4, -0.2) is 31.6 Å². The van der Waals surface area contributed by atoms with Crippen LogP contribution in [-0.2, 0) is 16.1 Å². The highest BCUT2D eigenvalue weighted by Gasteiger charge is 2.19. The van der Waals surface area contributed by atoms with Crippen molar-refractivity contribution in [2.45, 2.75) is 26.4 Å². The number of amides is 1. The Balaban J connectivity index is 1.29. The molecule has 1 aliphatic rings. The van der Waals surface area contributed by atoms with Gasteiger partial charge in [0.25, 0.3) is 5.91 Å². The van der Waals surface area contributed by atoms with Crippen LogP contribution in [0.25, 0.3) is 0 Å². The zero-order valence-corrected chi connectivity index (χ0v) is 18.0. The van der Waals surface area contributed by atoms with Crippen LogP contribution in [0.5, 0.6) is 5.75 Å². The first-order chi connectivity index (χ1) is 15.6. The molecule has 1 N–H and O–H groups in total. The largest absolute Gasteiger partial charge is 0.489 e. The molecule has 0 aliphatic carbocycles. The number of anilines is 2. The molecule has 166 valence electrons. The molecule has 7 heteroatoms. The topological polar surface area (TPSA) is 81.0 Å². The average molecular weight is 434 g/mol. The van der Waals surface area contributed by atoms with Crippen LogP contribution in [0.15, 0.2) is 65.3 Å². The van der Waals surface area contributed by atoms with Gasteiger partial charge < -0.3 is 24.1 Å². The van der Waals surface area contributed by atoms with E-state index >= 15 is 0 Å². The predicted molar refractivity (Wildman–Crippen MR) is 121 cm³/mol. The van der Waals surface area contributed by atoms with Gasteiger partial charge in [0.2, 0.25) is 5.76 Å². The van der Waals surface area contributed by atoms with Crippen LogP contribution in [0.1, 0.15) is 34.5 Å². The van der Waals surface area contributed by atoms with Crippen LogP contribution in [0, 0.1) is 6.92 Å². The zero-order valence-electron chi connectivity index (χ0n) is 18.0. The van der Waals surface area contributed by atoms with Crippen LogP contribution < -0.4 is 15.0 Å². The minimum atomic E-state index is -0.710. The molecule has 32 heavy (non-hydrogen) atoms. The van der Waals surface area contributed by atoms with E-state index in [4.69, 9.17) is 13.9 Å². The summed E-state index contributed by atoms with van der Waals surface area (Å²) in [7, 11) is 0. The van der Waals surface area contributed by atoms with Gasteiger partial charge >= 0.3 is 5.97 Å². The van der Waals surface area contributed by atoms with E-state index in [0.717, 1.165) is 24.3 Å². The normalized spacial score (nSPS) is 13.1. The molecule has 1 saturated heterocycles. The molecule has 0 spiro atoms. The van der Waals surface area contributed by atoms with Crippen LogP contribution in [0.3, 0.4) is 0 Å². The summed E-state index contributed by atoms with van der Waals surface area (Å²) in [5.74, 6) is -0.416. The van der Waals surface area contributed by atoms with E-state index < -0.39 is 18.5 Å². The summed E-state index contributed by atoms with van der Waals surface area (Å²) in [5, 5.41) is 2.80. The molecule has 3 aromatic rings. The third-order valence-corrected chi connectivity index (χ3v) is 5.36. The number of nitrogens with zero attached hydrogens (tertiary/aromatic N) is 1. The monoisotopic (exact) mass is 434 g/mol. The lowest BCUT2D eigenvalue weighted by Gasteiger charge is -2.19. The number of ether oxygens (including phenoxy) is 2. The highest BCUT2D eigenvalue weighted by molar-refractivity contribution is 5.95. The molecule has 2 heterocycles. The second kappa shape index (κ2) is 10.0. The molecule has 0 atom stereocenters. The number of aryl methyl sites for hydroxylation is 1. The van der Waals surface area contributed by atoms with Crippen molar-refractivity contribution in [2.75, 3.05) is 29.9 Å². The number of carbonyl (C=O) groups is 2. The summed E-state index contributed by atoms with van der Waals surface area (Å²) in [4.78, 5) is 27.1. The molecule has 0 radical (unpaired) electrons. The summed E-state index contributed by atoms with van der Waals surface area (Å²) in [5.41, 5.74) is 3.37. The van der Waals surface area contributed by atoms with Gasteiger partial charge in [0.15, 0.2) is 6.61 Å². The van der Waals surface area contributed by atoms with Crippen molar-refractivity contribution in [3.8, 4) is 5.75 Å². The number of esters is 1. The maximum absolute atomic E-state index is 12.4. The van der Waals surface area contributed by atoms with Gasteiger partial charge in [-0.05, 0) is 61.7 Å². The number of para-hydroxylation sites is 1. The molecule has 2 aromatic carbocycles. The summed E-state index contributed by atoms with van der Waals surface area (Å²) < 4.78 is 16.1. The fourth-order valence-electron chi connectivity index (χ4n) is 3.65. The quantitative estimate of drug-likeness (QED) is 0.524. The van der Waals surface area contributed by atoms with E-state index in [1.807, 2.05) is 49.4 Å². The number of nitrogens with one attached hydrogen (secondary N) is 1. The van der Waals surface area contributed by atoms with Crippen molar-refractivity contribution in [1.29, 1.82) is 0 Å². The van der Waals surface area contributed by atoms with E-state index in [1.54, 1.807) is 6.07 Å². The number of carbonyl (C=O) groups excluding carboxylic acids is 2. The molecule has 0 bridgehead atoms. The fraction of sp³-hybridized carbons (Fsp3) is 0.280. The minimum absolute atomic E-state index is 0.0277. The number of hydrogen-bond donors (Lipinski definition) is 1. The Kier molecular flexibility index (Phi) is 6.75. The molecule has 1 fully saturated rings. The Morgan fingerprint density at radius 2 is 1.84 bits per heavy atom. The lowest BCUT2D eigenvalue weighted by Crippen LogP contribution is -2.22. The SMILES string of the molecule is Cc1cc(N2CCCC2)ccc1NC(=O)COC(=O)c1occc1COc1ccccc1. The number of furan rings is 1. The molecule has 1 aromatic heterocycles. The Morgan fingerprint density at radius 1 is 1.06 bits per heavy atom. The van der Waals surface area contributed by atoms with Gasteiger partial charge in [-0.3, -0.25) is 4.79 Å². The first-order valence-corrected chi connectivity index (χ1v) is 10.7. The van der Waals surface area contributed by atoms with E-state index in [9.17, 15) is 9.59 Å². The van der Waals surface area contributed by atoms with E-state index in [-0.39, 0.29) is 12.4 Å². The molecular formula is C25H26N2O5. The predicted octanol–water partition coefficient (Wildman–Crippen LogP) is 4.56. The van der Waals surface area contributed by atoms with E-state index in [2.05, 4.69) is 16.3 Å². The average Bonchev–Trinajstić information content (AvgIpc) is 3.50. The summed E-state index contributed by atoms with van der Waals surface area (Å²) in [6.07, 6.45) is 3.81. The smallest absolute Gasteiger partial charge is 0.375 e. The Labute approximate surface area is 186 Å². The van der Waals surface area contributed by atoms with Gasteiger partial charge in [0, 0.05) is 30.0 Å². The van der Waals surface area contributed by atoms with Gasteiger partial charge in [-0.25, -0.2) is 4.79 Å². The Morgan fingerprint density at radius 3 is 2.59 bits per heavy atom. The van der Waals surface area contributed by atoms with Gasteiger partial charge in [-0.15, -0.1) is 0 Å². The van der Waals surface area contributed by atoms with Crippen LogP contribution in [0.2, 0.25) is 0 Å². The summed E-state index contributed by atoms with van der Waals surface area (Å²) in [6.45, 7) is 3.81. The third kappa shape index (κ3) is 5.29. The van der Waals surface area contributed by atoms with E-state index in [0.29, 0.717) is 17.0 Å². The Hall–Kier alpha value is -3.74. The van der Waals surface area contributed by atoms with Gasteiger partial charge in [0.1, 0.15) is 12.4 Å². The van der Waals surface area contributed by atoms with Gasteiger partial charge in [-0.2, -0.15) is 0 Å². The first-order valence-electron chi connectivity index (χ1n) is 10.7. The second-order valence-electron chi connectivity index (χ2n) is 7.69. The molecule has 0 saturated carbocycles. The molecule has 7 nitrogen and oxygen atoms in total. The fourth-order valence-corrected chi connectivity index (χ4v) is 3.65. The van der Waals surface area contributed by atoms with Crippen LogP contribution >= 0.6 is 0 Å². The first kappa shape index (κ1) is 21.5. The van der Waals surface area contributed by atoms with Gasteiger partial charge in [0.05, 0.1) is 6.26 Å². The van der Waals surface area contributed by atoms with Crippen molar-refractivity contribution in [2.24, 2.45) is 0 Å². The maximum atomic E-state index is 12.4. The van der Waals surface area contributed by atoms with Crippen molar-refractivity contribution < 1.29 is 23.5 Å². The van der Waals surface area contributed by atoms with Crippen molar-refractivity contribution in [3.05, 3.63) is 77.7 Å². The Bertz CT molecular complexity index is 1070. The van der Waals surface area contributed by atoms with Crippen molar-refractivity contribution in [1.82, 2.24) is 0 Å².